The summed E-state index contributed by atoms with van der Waals surface area (Å²) in [5, 5.41) is 5.19. The number of rotatable bonds is 10. The van der Waals surface area contributed by atoms with Crippen LogP contribution in [0, 0.1) is 0 Å². The Bertz CT molecular complexity index is 782. The van der Waals surface area contributed by atoms with E-state index in [-0.39, 0.29) is 26.3 Å². The molecule has 0 bridgehead atoms. The minimum Gasteiger partial charge on any atom is -0.467 e. The molecule has 0 aliphatic heterocycles. The maximum absolute atomic E-state index is 11.9. The van der Waals surface area contributed by atoms with Gasteiger partial charge < -0.3 is 24.8 Å². The summed E-state index contributed by atoms with van der Waals surface area (Å²) in [6.07, 6.45) is -0.766. The van der Waals surface area contributed by atoms with Crippen LogP contribution in [0.25, 0.3) is 0 Å². The molecule has 8 nitrogen and oxygen atoms in total. The number of carbonyl (C=O) groups is 3. The monoisotopic (exact) mass is 400 g/mol. The maximum Gasteiger partial charge on any atom is 0.408 e. The Kier molecular flexibility index (Phi) is 9.17. The first kappa shape index (κ1) is 21.9. The molecular weight excluding hydrogens is 376 g/mol. The summed E-state index contributed by atoms with van der Waals surface area (Å²) < 4.78 is 14.9. The highest BCUT2D eigenvalue weighted by Crippen LogP contribution is 2.02. The van der Waals surface area contributed by atoms with Gasteiger partial charge >= 0.3 is 18.0 Å². The lowest BCUT2D eigenvalue weighted by Crippen LogP contribution is -2.48. The average molecular weight is 400 g/mol. The van der Waals surface area contributed by atoms with Gasteiger partial charge in [-0.3, -0.25) is 4.79 Å². The van der Waals surface area contributed by atoms with Crippen molar-refractivity contribution in [2.24, 2.45) is 0 Å². The van der Waals surface area contributed by atoms with Crippen molar-refractivity contribution in [3.8, 4) is 0 Å². The highest BCUT2D eigenvalue weighted by molar-refractivity contribution is 5.81. The zero-order valence-electron chi connectivity index (χ0n) is 16.1. The number of alkyl carbamates (subject to hydrolysis) is 1. The fraction of sp³-hybridized carbons (Fsp3) is 0.286. The summed E-state index contributed by atoms with van der Waals surface area (Å²) in [4.78, 5) is 35.6. The first-order valence-corrected chi connectivity index (χ1v) is 9.04. The van der Waals surface area contributed by atoms with Gasteiger partial charge in [0, 0.05) is 6.54 Å². The molecule has 0 saturated carbocycles. The number of ether oxygens (including phenoxy) is 3. The summed E-state index contributed by atoms with van der Waals surface area (Å²) in [6, 6.07) is 17.4. The topological polar surface area (TPSA) is 103 Å². The standard InChI is InChI=1S/C21H24N2O6/c1-27-20(25)18(23-21(26)29-15-17-10-6-3-7-11-17)12-22-13-19(24)28-14-16-8-4-2-5-9-16/h2-11,18,22H,12-15H2,1H3,(H,23,26)/t18-/m1/s1. The number of esters is 2. The first-order chi connectivity index (χ1) is 14.1. The Morgan fingerprint density at radius 2 is 1.41 bits per heavy atom. The van der Waals surface area contributed by atoms with E-state index < -0.39 is 24.1 Å². The minimum absolute atomic E-state index is 0.0203. The number of nitrogens with one attached hydrogen (secondary N) is 2. The number of carbonyl (C=O) groups excluding carboxylic acids is 3. The van der Waals surface area contributed by atoms with E-state index in [1.165, 1.54) is 7.11 Å². The van der Waals surface area contributed by atoms with Gasteiger partial charge in [-0.15, -0.1) is 0 Å². The molecule has 1 amide bonds. The van der Waals surface area contributed by atoms with Gasteiger partial charge in [0.25, 0.3) is 0 Å². The van der Waals surface area contributed by atoms with Gasteiger partial charge in [-0.25, -0.2) is 9.59 Å². The SMILES string of the molecule is COC(=O)[C@@H](CNCC(=O)OCc1ccccc1)NC(=O)OCc1ccccc1. The van der Waals surface area contributed by atoms with E-state index >= 15 is 0 Å². The molecule has 2 aromatic carbocycles. The van der Waals surface area contributed by atoms with E-state index in [1.54, 1.807) is 0 Å². The van der Waals surface area contributed by atoms with Gasteiger partial charge in [0.15, 0.2) is 0 Å². The smallest absolute Gasteiger partial charge is 0.408 e. The largest absolute Gasteiger partial charge is 0.467 e. The Hall–Kier alpha value is -3.39. The highest BCUT2D eigenvalue weighted by atomic mass is 16.6. The predicted octanol–water partition coefficient (Wildman–Crippen LogP) is 1.79. The highest BCUT2D eigenvalue weighted by Gasteiger charge is 2.22. The molecule has 2 N–H and O–H groups in total. The number of methoxy groups -OCH3 is 1. The molecule has 8 heteroatoms. The van der Waals surface area contributed by atoms with Crippen molar-refractivity contribution < 1.29 is 28.6 Å². The quantitative estimate of drug-likeness (QED) is 0.463. The van der Waals surface area contributed by atoms with Crippen LogP contribution in [-0.2, 0) is 37.0 Å². The number of hydrogen-bond donors (Lipinski definition) is 2. The van der Waals surface area contributed by atoms with Crippen molar-refractivity contribution in [1.82, 2.24) is 10.6 Å². The fourth-order valence-corrected chi connectivity index (χ4v) is 2.35. The van der Waals surface area contributed by atoms with Crippen molar-refractivity contribution in [1.29, 1.82) is 0 Å². The molecule has 0 saturated heterocycles. The van der Waals surface area contributed by atoms with E-state index in [2.05, 4.69) is 15.4 Å². The molecular formula is C21H24N2O6. The van der Waals surface area contributed by atoms with E-state index in [4.69, 9.17) is 9.47 Å². The molecule has 0 aliphatic carbocycles. The van der Waals surface area contributed by atoms with E-state index in [1.807, 2.05) is 60.7 Å². The van der Waals surface area contributed by atoms with E-state index in [0.717, 1.165) is 11.1 Å². The van der Waals surface area contributed by atoms with Gasteiger partial charge in [-0.2, -0.15) is 0 Å². The second kappa shape index (κ2) is 12.1. The minimum atomic E-state index is -1.01. The lowest BCUT2D eigenvalue weighted by atomic mass is 10.2. The van der Waals surface area contributed by atoms with E-state index in [9.17, 15) is 14.4 Å². The van der Waals surface area contributed by atoms with Crippen molar-refractivity contribution in [3.63, 3.8) is 0 Å². The summed E-state index contributed by atoms with van der Waals surface area (Å²) in [5.41, 5.74) is 1.69. The summed E-state index contributed by atoms with van der Waals surface area (Å²) in [5.74, 6) is -1.14. The van der Waals surface area contributed by atoms with Crippen molar-refractivity contribution in [2.45, 2.75) is 19.3 Å². The molecule has 2 aromatic rings. The Labute approximate surface area is 169 Å². The van der Waals surface area contributed by atoms with Crippen LogP contribution >= 0.6 is 0 Å². The van der Waals surface area contributed by atoms with Crippen LogP contribution in [0.5, 0.6) is 0 Å². The molecule has 2 rings (SSSR count). The van der Waals surface area contributed by atoms with Gasteiger partial charge in [0.1, 0.15) is 19.3 Å². The van der Waals surface area contributed by atoms with Gasteiger partial charge in [0.2, 0.25) is 0 Å². The summed E-state index contributed by atoms with van der Waals surface area (Å²) in [6.45, 7) is 0.0836. The molecule has 0 fully saturated rings. The molecule has 0 aliphatic rings. The van der Waals surface area contributed by atoms with Crippen LogP contribution in [0.4, 0.5) is 4.79 Å². The zero-order valence-corrected chi connectivity index (χ0v) is 16.1. The molecule has 29 heavy (non-hydrogen) atoms. The number of hydrogen-bond acceptors (Lipinski definition) is 7. The first-order valence-electron chi connectivity index (χ1n) is 9.04. The van der Waals surface area contributed by atoms with Crippen LogP contribution < -0.4 is 10.6 Å². The number of amides is 1. The third-order valence-electron chi connectivity index (χ3n) is 3.85. The van der Waals surface area contributed by atoms with Gasteiger partial charge in [-0.05, 0) is 11.1 Å². The molecule has 0 spiro atoms. The summed E-state index contributed by atoms with van der Waals surface area (Å²) in [7, 11) is 1.21. The van der Waals surface area contributed by atoms with Crippen LogP contribution in [0.15, 0.2) is 60.7 Å². The Morgan fingerprint density at radius 1 is 0.862 bits per heavy atom. The third-order valence-corrected chi connectivity index (χ3v) is 3.85. The molecule has 0 radical (unpaired) electrons. The van der Waals surface area contributed by atoms with Gasteiger partial charge in [-0.1, -0.05) is 60.7 Å². The normalized spacial score (nSPS) is 11.2. The van der Waals surface area contributed by atoms with E-state index in [0.29, 0.717) is 0 Å². The number of benzene rings is 2. The third kappa shape index (κ3) is 8.44. The van der Waals surface area contributed by atoms with Crippen LogP contribution in [0.1, 0.15) is 11.1 Å². The molecule has 0 heterocycles. The zero-order chi connectivity index (χ0) is 20.9. The Morgan fingerprint density at radius 3 is 1.97 bits per heavy atom. The van der Waals surface area contributed by atoms with Gasteiger partial charge in [0.05, 0.1) is 13.7 Å². The van der Waals surface area contributed by atoms with Crippen molar-refractivity contribution in [3.05, 3.63) is 71.8 Å². The average Bonchev–Trinajstić information content (AvgIpc) is 2.76. The van der Waals surface area contributed by atoms with Crippen LogP contribution in [0.3, 0.4) is 0 Å². The lowest BCUT2D eigenvalue weighted by molar-refractivity contribution is -0.145. The summed E-state index contributed by atoms with van der Waals surface area (Å²) >= 11 is 0. The molecule has 0 unspecified atom stereocenters. The second-order valence-corrected chi connectivity index (χ2v) is 6.06. The Balaban J connectivity index is 1.72. The van der Waals surface area contributed by atoms with Crippen LogP contribution in [0.2, 0.25) is 0 Å². The maximum atomic E-state index is 11.9. The van der Waals surface area contributed by atoms with Crippen molar-refractivity contribution >= 4 is 18.0 Å². The fourth-order valence-electron chi connectivity index (χ4n) is 2.35. The predicted molar refractivity (Wildman–Crippen MR) is 105 cm³/mol. The molecule has 0 aromatic heterocycles. The second-order valence-electron chi connectivity index (χ2n) is 6.06. The lowest BCUT2D eigenvalue weighted by Gasteiger charge is -2.17. The molecule has 1 atom stereocenters. The molecule has 154 valence electrons. The van der Waals surface area contributed by atoms with Crippen molar-refractivity contribution in [2.75, 3.05) is 20.2 Å². The van der Waals surface area contributed by atoms with Crippen LogP contribution in [-0.4, -0.2) is 44.3 Å².